The molecular formula is C31H42N8O6. The topological polar surface area (TPSA) is 251 Å². The SMILES string of the molecule is CC(C)C(NC(=O)C(Cc1ccc(O)cc1)NC(=O)C(CCCN=C(N)N)NC(=O)C(N)Cc1c[nH]c2ccccc12)C(=O)O. The van der Waals surface area contributed by atoms with Gasteiger partial charge in [-0.2, -0.15) is 0 Å². The number of nitrogens with zero attached hydrogens (tertiary/aromatic N) is 1. The highest BCUT2D eigenvalue weighted by Crippen LogP contribution is 2.19. The molecular weight excluding hydrogens is 580 g/mol. The van der Waals surface area contributed by atoms with E-state index in [2.05, 4.69) is 25.9 Å². The summed E-state index contributed by atoms with van der Waals surface area (Å²) in [5, 5.41) is 28.1. The zero-order valence-electron chi connectivity index (χ0n) is 25.3. The van der Waals surface area contributed by atoms with Crippen LogP contribution in [0.4, 0.5) is 0 Å². The van der Waals surface area contributed by atoms with Crippen LogP contribution in [0.5, 0.6) is 5.75 Å². The summed E-state index contributed by atoms with van der Waals surface area (Å²) in [6.45, 7) is 3.48. The van der Waals surface area contributed by atoms with Crippen LogP contribution in [0.1, 0.15) is 37.8 Å². The Bertz CT molecular complexity index is 1500. The van der Waals surface area contributed by atoms with Crippen LogP contribution in [0.2, 0.25) is 0 Å². The van der Waals surface area contributed by atoms with Gasteiger partial charge in [-0.1, -0.05) is 44.2 Å². The van der Waals surface area contributed by atoms with Gasteiger partial charge in [0.05, 0.1) is 6.04 Å². The van der Waals surface area contributed by atoms with Crippen molar-refractivity contribution in [3.63, 3.8) is 0 Å². The number of hydrogen-bond donors (Lipinski definition) is 9. The average molecular weight is 623 g/mol. The van der Waals surface area contributed by atoms with E-state index >= 15 is 0 Å². The molecule has 2 aromatic carbocycles. The van der Waals surface area contributed by atoms with Crippen LogP contribution in [0.25, 0.3) is 10.9 Å². The van der Waals surface area contributed by atoms with E-state index in [4.69, 9.17) is 17.2 Å². The van der Waals surface area contributed by atoms with Gasteiger partial charge in [-0.15, -0.1) is 0 Å². The number of nitrogens with two attached hydrogens (primary N) is 3. The number of aliphatic imine (C=N–C) groups is 1. The molecule has 0 aliphatic rings. The molecule has 0 aliphatic carbocycles. The summed E-state index contributed by atoms with van der Waals surface area (Å²) in [6, 6.07) is 9.11. The summed E-state index contributed by atoms with van der Waals surface area (Å²) < 4.78 is 0. The second-order valence-electron chi connectivity index (χ2n) is 11.2. The van der Waals surface area contributed by atoms with E-state index in [9.17, 15) is 29.4 Å². The van der Waals surface area contributed by atoms with Crippen molar-refractivity contribution in [2.24, 2.45) is 28.1 Å². The second kappa shape index (κ2) is 16.1. The van der Waals surface area contributed by atoms with Gasteiger partial charge in [-0.25, -0.2) is 4.79 Å². The molecule has 3 rings (SSSR count). The van der Waals surface area contributed by atoms with Crippen LogP contribution in [-0.2, 0) is 32.0 Å². The van der Waals surface area contributed by atoms with E-state index in [0.717, 1.165) is 16.5 Å². The maximum Gasteiger partial charge on any atom is 0.326 e. The molecule has 1 heterocycles. The standard InChI is InChI=1S/C31H42N8O6/c1-17(2)26(30(44)45)39-29(43)25(14-18-9-11-20(40)12-10-18)38-28(42)24(8-5-13-35-31(33)34)37-27(41)22(32)15-19-16-36-23-7-4-3-6-21(19)23/h3-4,6-7,9-12,16-17,22,24-26,36,40H,5,8,13-15,32H2,1-2H3,(H,37,41)(H,38,42)(H,39,43)(H,44,45)(H4,33,34,35). The van der Waals surface area contributed by atoms with E-state index in [1.54, 1.807) is 32.2 Å². The first kappa shape index (κ1) is 34.4. The number of phenols is 1. The number of para-hydroxylation sites is 1. The molecule has 0 fully saturated rings. The number of aromatic hydroxyl groups is 1. The van der Waals surface area contributed by atoms with Crippen molar-refractivity contribution in [3.05, 3.63) is 65.9 Å². The van der Waals surface area contributed by atoms with Crippen LogP contribution >= 0.6 is 0 Å². The molecule has 12 N–H and O–H groups in total. The van der Waals surface area contributed by atoms with E-state index in [-0.39, 0.29) is 37.5 Å². The molecule has 0 aliphatic heterocycles. The average Bonchev–Trinajstić information content (AvgIpc) is 3.39. The van der Waals surface area contributed by atoms with Gasteiger partial charge in [0, 0.05) is 30.1 Å². The van der Waals surface area contributed by atoms with Crippen LogP contribution in [-0.4, -0.2) is 75.6 Å². The number of benzene rings is 2. The van der Waals surface area contributed by atoms with Crippen molar-refractivity contribution in [1.82, 2.24) is 20.9 Å². The van der Waals surface area contributed by atoms with Crippen molar-refractivity contribution >= 4 is 40.6 Å². The lowest BCUT2D eigenvalue weighted by molar-refractivity contribution is -0.143. The smallest absolute Gasteiger partial charge is 0.326 e. The zero-order chi connectivity index (χ0) is 33.1. The Morgan fingerprint density at radius 3 is 2.18 bits per heavy atom. The minimum absolute atomic E-state index is 0.0158. The number of phenolic OH excluding ortho intramolecular Hbond substituents is 1. The highest BCUT2D eigenvalue weighted by molar-refractivity contribution is 5.94. The Kier molecular flexibility index (Phi) is 12.3. The normalized spacial score (nSPS) is 13.8. The van der Waals surface area contributed by atoms with Gasteiger partial charge in [0.15, 0.2) is 5.96 Å². The number of carbonyl (C=O) groups is 4. The van der Waals surface area contributed by atoms with Gasteiger partial charge in [-0.3, -0.25) is 19.4 Å². The van der Waals surface area contributed by atoms with Crippen LogP contribution < -0.4 is 33.2 Å². The van der Waals surface area contributed by atoms with E-state index in [0.29, 0.717) is 12.0 Å². The number of carbonyl (C=O) groups excluding carboxylic acids is 3. The van der Waals surface area contributed by atoms with Crippen LogP contribution in [0, 0.1) is 5.92 Å². The van der Waals surface area contributed by atoms with Crippen LogP contribution in [0.3, 0.4) is 0 Å². The number of hydrogen-bond acceptors (Lipinski definition) is 7. The summed E-state index contributed by atoms with van der Waals surface area (Å²) >= 11 is 0. The number of carboxylic acids is 1. The number of fused-ring (bicyclic) bond motifs is 1. The third-order valence-corrected chi connectivity index (χ3v) is 7.27. The van der Waals surface area contributed by atoms with E-state index < -0.39 is 53.8 Å². The minimum atomic E-state index is -1.22. The molecule has 0 bridgehead atoms. The lowest BCUT2D eigenvalue weighted by Crippen LogP contribution is -2.58. The fourth-order valence-corrected chi connectivity index (χ4v) is 4.80. The van der Waals surface area contributed by atoms with Gasteiger partial charge in [0.1, 0.15) is 23.9 Å². The summed E-state index contributed by atoms with van der Waals surface area (Å²) in [4.78, 5) is 59.1. The molecule has 0 spiro atoms. The van der Waals surface area contributed by atoms with E-state index in [1.807, 2.05) is 24.3 Å². The van der Waals surface area contributed by atoms with Crippen molar-refractivity contribution < 1.29 is 29.4 Å². The van der Waals surface area contributed by atoms with Gasteiger partial charge >= 0.3 is 5.97 Å². The largest absolute Gasteiger partial charge is 0.508 e. The second-order valence-corrected chi connectivity index (χ2v) is 11.2. The molecule has 14 heteroatoms. The molecule has 242 valence electrons. The molecule has 1 aromatic heterocycles. The predicted octanol–water partition coefficient (Wildman–Crippen LogP) is 0.235. The lowest BCUT2D eigenvalue weighted by Gasteiger charge is -2.26. The zero-order valence-corrected chi connectivity index (χ0v) is 25.3. The monoisotopic (exact) mass is 622 g/mol. The number of aliphatic carboxylic acids is 1. The maximum absolute atomic E-state index is 13.6. The predicted molar refractivity (Wildman–Crippen MR) is 170 cm³/mol. The third kappa shape index (κ3) is 10.2. The van der Waals surface area contributed by atoms with Crippen molar-refractivity contribution in [1.29, 1.82) is 0 Å². The summed E-state index contributed by atoms with van der Waals surface area (Å²) in [5.41, 5.74) is 19.4. The Balaban J connectivity index is 1.80. The minimum Gasteiger partial charge on any atom is -0.508 e. The number of rotatable bonds is 16. The molecule has 0 saturated heterocycles. The number of amides is 3. The number of guanidine groups is 1. The number of nitrogens with one attached hydrogen (secondary N) is 4. The highest BCUT2D eigenvalue weighted by Gasteiger charge is 2.31. The van der Waals surface area contributed by atoms with Gasteiger partial charge in [-0.05, 0) is 54.5 Å². The molecule has 0 saturated carbocycles. The number of aromatic amines is 1. The fourth-order valence-electron chi connectivity index (χ4n) is 4.80. The molecule has 14 nitrogen and oxygen atoms in total. The van der Waals surface area contributed by atoms with Gasteiger partial charge in [0.2, 0.25) is 17.7 Å². The lowest BCUT2D eigenvalue weighted by atomic mass is 10.0. The van der Waals surface area contributed by atoms with Crippen molar-refractivity contribution in [2.45, 2.75) is 63.7 Å². The molecule has 4 atom stereocenters. The molecule has 4 unspecified atom stereocenters. The van der Waals surface area contributed by atoms with E-state index in [1.165, 1.54) is 12.1 Å². The van der Waals surface area contributed by atoms with Crippen molar-refractivity contribution in [3.8, 4) is 5.75 Å². The number of aromatic nitrogens is 1. The first-order chi connectivity index (χ1) is 21.3. The Hall–Kier alpha value is -5.11. The molecule has 3 aromatic rings. The maximum atomic E-state index is 13.6. The van der Waals surface area contributed by atoms with Gasteiger partial charge in [0.25, 0.3) is 0 Å². The summed E-state index contributed by atoms with van der Waals surface area (Å²) in [5.74, 6) is -3.74. The molecule has 0 radical (unpaired) electrons. The number of H-pyrrole nitrogens is 1. The Labute approximate surface area is 260 Å². The van der Waals surface area contributed by atoms with Crippen LogP contribution in [0.15, 0.2) is 59.7 Å². The Morgan fingerprint density at radius 1 is 0.889 bits per heavy atom. The first-order valence-corrected chi connectivity index (χ1v) is 14.6. The number of carboxylic acid groups (broad SMARTS) is 1. The quantitative estimate of drug-likeness (QED) is 0.0601. The summed E-state index contributed by atoms with van der Waals surface area (Å²) in [7, 11) is 0. The van der Waals surface area contributed by atoms with Gasteiger partial charge < -0.3 is 48.3 Å². The Morgan fingerprint density at radius 2 is 1.53 bits per heavy atom. The first-order valence-electron chi connectivity index (χ1n) is 14.6. The fraction of sp³-hybridized carbons (Fsp3) is 0.387. The third-order valence-electron chi connectivity index (χ3n) is 7.27. The van der Waals surface area contributed by atoms with Crippen molar-refractivity contribution in [2.75, 3.05) is 6.54 Å². The molecule has 3 amide bonds. The molecule has 45 heavy (non-hydrogen) atoms. The highest BCUT2D eigenvalue weighted by atomic mass is 16.4. The summed E-state index contributed by atoms with van der Waals surface area (Å²) in [6.07, 6.45) is 2.40.